The first-order valence-corrected chi connectivity index (χ1v) is 7.77. The highest BCUT2D eigenvalue weighted by Gasteiger charge is 2.08. The number of benzene rings is 2. The monoisotopic (exact) mass is 392 g/mol. The normalized spacial score (nSPS) is 10.5. The highest BCUT2D eigenvalue weighted by atomic mass is 79.9. The zero-order valence-corrected chi connectivity index (χ0v) is 15.1. The molecule has 0 atom stereocenters. The average molecular weight is 393 g/mol. The van der Waals surface area contributed by atoms with Gasteiger partial charge in [-0.2, -0.15) is 5.10 Å². The van der Waals surface area contributed by atoms with Crippen LogP contribution in [0.15, 0.2) is 46.0 Å². The summed E-state index contributed by atoms with van der Waals surface area (Å²) in [5.74, 6) is 1.59. The van der Waals surface area contributed by atoms with E-state index in [1.54, 1.807) is 57.7 Å². The van der Waals surface area contributed by atoms with Gasteiger partial charge in [0.25, 0.3) is 5.91 Å². The van der Waals surface area contributed by atoms with Gasteiger partial charge in [-0.05, 0) is 46.3 Å². The van der Waals surface area contributed by atoms with E-state index in [0.717, 1.165) is 4.47 Å². The van der Waals surface area contributed by atoms with E-state index in [-0.39, 0.29) is 5.91 Å². The Bertz CT molecular complexity index is 745. The van der Waals surface area contributed by atoms with E-state index in [1.807, 2.05) is 0 Å². The zero-order valence-electron chi connectivity index (χ0n) is 13.5. The molecule has 0 aromatic heterocycles. The van der Waals surface area contributed by atoms with E-state index in [0.29, 0.717) is 28.4 Å². The summed E-state index contributed by atoms with van der Waals surface area (Å²) in [4.78, 5) is 12.0. The molecule has 0 radical (unpaired) electrons. The van der Waals surface area contributed by atoms with Crippen LogP contribution in [0.3, 0.4) is 0 Å². The van der Waals surface area contributed by atoms with Crippen LogP contribution in [0.4, 0.5) is 0 Å². The van der Waals surface area contributed by atoms with Crippen LogP contribution in [0.25, 0.3) is 0 Å². The molecule has 0 aliphatic heterocycles. The first-order valence-electron chi connectivity index (χ1n) is 6.98. The topological polar surface area (TPSA) is 69.2 Å². The van der Waals surface area contributed by atoms with Crippen molar-refractivity contribution in [2.24, 2.45) is 5.10 Å². The Morgan fingerprint density at radius 3 is 2.29 bits per heavy atom. The highest BCUT2D eigenvalue weighted by Crippen LogP contribution is 2.31. The van der Waals surface area contributed by atoms with Gasteiger partial charge in [0.15, 0.2) is 0 Å². The van der Waals surface area contributed by atoms with Gasteiger partial charge in [-0.15, -0.1) is 0 Å². The van der Waals surface area contributed by atoms with E-state index in [4.69, 9.17) is 14.2 Å². The fraction of sp³-hybridized carbons (Fsp3) is 0.176. The number of nitrogens with zero attached hydrogens (tertiary/aromatic N) is 1. The second-order valence-electron chi connectivity index (χ2n) is 4.66. The molecule has 0 bridgehead atoms. The van der Waals surface area contributed by atoms with Crippen molar-refractivity contribution in [3.8, 4) is 17.2 Å². The number of carbonyl (C=O) groups excluding carboxylic acids is 1. The third-order valence-electron chi connectivity index (χ3n) is 3.23. The van der Waals surface area contributed by atoms with Gasteiger partial charge in [0.05, 0.1) is 32.0 Å². The summed E-state index contributed by atoms with van der Waals surface area (Å²) in [6.07, 6.45) is 1.50. The SMILES string of the molecule is COc1ccc(C(=O)N/N=C\c2cc(Br)c(OC)cc2OC)cc1. The summed E-state index contributed by atoms with van der Waals surface area (Å²) in [6.45, 7) is 0. The average Bonchev–Trinajstić information content (AvgIpc) is 2.62. The van der Waals surface area contributed by atoms with Gasteiger partial charge in [-0.1, -0.05) is 0 Å². The minimum absolute atomic E-state index is 0.319. The van der Waals surface area contributed by atoms with Crippen molar-refractivity contribution in [1.29, 1.82) is 0 Å². The van der Waals surface area contributed by atoms with Crippen LogP contribution in [0.5, 0.6) is 17.2 Å². The lowest BCUT2D eigenvalue weighted by atomic mass is 10.2. The molecule has 0 fully saturated rings. The maximum Gasteiger partial charge on any atom is 0.271 e. The fourth-order valence-corrected chi connectivity index (χ4v) is 2.47. The summed E-state index contributed by atoms with van der Waals surface area (Å²) in [7, 11) is 4.69. The first-order chi connectivity index (χ1) is 11.6. The molecule has 2 aromatic rings. The van der Waals surface area contributed by atoms with Crippen LogP contribution in [0, 0.1) is 0 Å². The van der Waals surface area contributed by atoms with Crippen molar-refractivity contribution >= 4 is 28.1 Å². The van der Waals surface area contributed by atoms with Crippen molar-refractivity contribution in [3.05, 3.63) is 52.0 Å². The molecule has 126 valence electrons. The molecule has 1 amide bonds. The molecule has 24 heavy (non-hydrogen) atoms. The maximum absolute atomic E-state index is 12.0. The van der Waals surface area contributed by atoms with Gasteiger partial charge >= 0.3 is 0 Å². The fourth-order valence-electron chi connectivity index (χ4n) is 1.95. The molecule has 7 heteroatoms. The Balaban J connectivity index is 2.10. The van der Waals surface area contributed by atoms with Crippen molar-refractivity contribution in [3.63, 3.8) is 0 Å². The van der Waals surface area contributed by atoms with E-state index in [9.17, 15) is 4.79 Å². The third kappa shape index (κ3) is 4.26. The number of amides is 1. The minimum atomic E-state index is -0.319. The first kappa shape index (κ1) is 17.8. The quantitative estimate of drug-likeness (QED) is 0.605. The summed E-state index contributed by atoms with van der Waals surface area (Å²) < 4.78 is 16.3. The van der Waals surface area contributed by atoms with Gasteiger partial charge in [0, 0.05) is 17.2 Å². The van der Waals surface area contributed by atoms with E-state index >= 15 is 0 Å². The predicted molar refractivity (Wildman–Crippen MR) is 95.3 cm³/mol. The molecular weight excluding hydrogens is 376 g/mol. The van der Waals surface area contributed by atoms with Crippen LogP contribution in [-0.2, 0) is 0 Å². The number of hydrogen-bond donors (Lipinski definition) is 1. The number of nitrogens with one attached hydrogen (secondary N) is 1. The molecule has 0 aliphatic rings. The maximum atomic E-state index is 12.0. The summed E-state index contributed by atoms with van der Waals surface area (Å²) in [5.41, 5.74) is 3.65. The van der Waals surface area contributed by atoms with Gasteiger partial charge in [0.1, 0.15) is 17.2 Å². The molecule has 2 rings (SSSR count). The van der Waals surface area contributed by atoms with Crippen LogP contribution >= 0.6 is 15.9 Å². The molecule has 0 saturated carbocycles. The molecule has 0 heterocycles. The molecule has 0 saturated heterocycles. The number of hydrogen-bond acceptors (Lipinski definition) is 5. The van der Waals surface area contributed by atoms with Crippen LogP contribution in [0.2, 0.25) is 0 Å². The molecular formula is C17H17BrN2O4. The number of halogens is 1. The number of hydrazone groups is 1. The summed E-state index contributed by atoms with van der Waals surface area (Å²) >= 11 is 3.40. The summed E-state index contributed by atoms with van der Waals surface area (Å²) in [6, 6.07) is 10.3. The summed E-state index contributed by atoms with van der Waals surface area (Å²) in [5, 5.41) is 3.97. The standard InChI is InChI=1S/C17H17BrN2O4/c1-22-13-6-4-11(5-7-13)17(21)20-19-10-12-8-14(18)16(24-3)9-15(12)23-2/h4-10H,1-3H3,(H,20,21)/b19-10-. The second kappa shape index (κ2) is 8.35. The van der Waals surface area contributed by atoms with Crippen LogP contribution in [-0.4, -0.2) is 33.5 Å². The Kier molecular flexibility index (Phi) is 6.20. The molecule has 2 aromatic carbocycles. The number of ether oxygens (including phenoxy) is 3. The highest BCUT2D eigenvalue weighted by molar-refractivity contribution is 9.10. The smallest absolute Gasteiger partial charge is 0.271 e. The minimum Gasteiger partial charge on any atom is -0.497 e. The van der Waals surface area contributed by atoms with Gasteiger partial charge in [0.2, 0.25) is 0 Å². The Hall–Kier alpha value is -2.54. The third-order valence-corrected chi connectivity index (χ3v) is 3.85. The van der Waals surface area contributed by atoms with Crippen molar-refractivity contribution in [1.82, 2.24) is 5.43 Å². The number of carbonyl (C=O) groups is 1. The van der Waals surface area contributed by atoms with Gasteiger partial charge in [-0.3, -0.25) is 4.79 Å². The second-order valence-corrected chi connectivity index (χ2v) is 5.51. The molecule has 0 unspecified atom stereocenters. The van der Waals surface area contributed by atoms with E-state index in [2.05, 4.69) is 26.5 Å². The number of methoxy groups -OCH3 is 3. The Morgan fingerprint density at radius 1 is 1.04 bits per heavy atom. The van der Waals surface area contributed by atoms with Crippen molar-refractivity contribution in [2.75, 3.05) is 21.3 Å². The van der Waals surface area contributed by atoms with Gasteiger partial charge < -0.3 is 14.2 Å². The molecule has 6 nitrogen and oxygen atoms in total. The van der Waals surface area contributed by atoms with E-state index < -0.39 is 0 Å². The van der Waals surface area contributed by atoms with Crippen molar-refractivity contribution < 1.29 is 19.0 Å². The molecule has 0 aliphatic carbocycles. The zero-order chi connectivity index (χ0) is 17.5. The number of rotatable bonds is 6. The molecule has 0 spiro atoms. The lowest BCUT2D eigenvalue weighted by molar-refractivity contribution is 0.0955. The van der Waals surface area contributed by atoms with Crippen LogP contribution < -0.4 is 19.6 Å². The lowest BCUT2D eigenvalue weighted by Gasteiger charge is -2.09. The van der Waals surface area contributed by atoms with Gasteiger partial charge in [-0.25, -0.2) is 5.43 Å². The lowest BCUT2D eigenvalue weighted by Crippen LogP contribution is -2.17. The van der Waals surface area contributed by atoms with Crippen LogP contribution in [0.1, 0.15) is 15.9 Å². The van der Waals surface area contributed by atoms with E-state index in [1.165, 1.54) is 6.21 Å². The predicted octanol–water partition coefficient (Wildman–Crippen LogP) is 3.24. The Morgan fingerprint density at radius 2 is 1.71 bits per heavy atom. The largest absolute Gasteiger partial charge is 0.497 e. The van der Waals surface area contributed by atoms with Crippen molar-refractivity contribution in [2.45, 2.75) is 0 Å². The Labute approximate surface area is 148 Å². The molecule has 1 N–H and O–H groups in total.